The first-order chi connectivity index (χ1) is 12.0. The van der Waals surface area contributed by atoms with Gasteiger partial charge >= 0.3 is 0 Å². The number of fused-ring (bicyclic) bond motifs is 1. The SMILES string of the molecule is CC(O)CNc1nc(S(C)(=O)=O)nc2c1cnn2COCC[Si](C)(C)C. The van der Waals surface area contributed by atoms with E-state index >= 15 is 0 Å². The molecule has 0 amide bonds. The fourth-order valence-electron chi connectivity index (χ4n) is 2.10. The Kier molecular flexibility index (Phi) is 6.37. The van der Waals surface area contributed by atoms with E-state index in [9.17, 15) is 13.5 Å². The maximum atomic E-state index is 11.9. The number of hydrogen-bond donors (Lipinski definition) is 2. The zero-order valence-corrected chi connectivity index (χ0v) is 17.7. The third-order valence-electron chi connectivity index (χ3n) is 3.58. The number of aliphatic hydroxyl groups is 1. The summed E-state index contributed by atoms with van der Waals surface area (Å²) in [7, 11) is -4.79. The minimum absolute atomic E-state index is 0.185. The van der Waals surface area contributed by atoms with Gasteiger partial charge in [0, 0.05) is 27.5 Å². The van der Waals surface area contributed by atoms with Gasteiger partial charge in [-0.25, -0.2) is 18.1 Å². The molecule has 0 spiro atoms. The number of nitrogens with one attached hydrogen (secondary N) is 1. The van der Waals surface area contributed by atoms with Gasteiger partial charge in [-0.3, -0.25) is 0 Å². The molecule has 0 aromatic carbocycles. The lowest BCUT2D eigenvalue weighted by atomic mass is 10.3. The van der Waals surface area contributed by atoms with Crippen molar-refractivity contribution < 1.29 is 18.3 Å². The van der Waals surface area contributed by atoms with Crippen LogP contribution in [0.5, 0.6) is 0 Å². The monoisotopic (exact) mass is 401 g/mol. The number of aromatic nitrogens is 4. The average Bonchev–Trinajstić information content (AvgIpc) is 2.90. The molecular weight excluding hydrogens is 374 g/mol. The van der Waals surface area contributed by atoms with Crippen LogP contribution in [0.4, 0.5) is 5.82 Å². The molecule has 26 heavy (non-hydrogen) atoms. The van der Waals surface area contributed by atoms with Crippen molar-refractivity contribution in [1.29, 1.82) is 0 Å². The van der Waals surface area contributed by atoms with Crippen LogP contribution in [-0.2, 0) is 21.3 Å². The summed E-state index contributed by atoms with van der Waals surface area (Å²) >= 11 is 0. The number of aliphatic hydroxyl groups excluding tert-OH is 1. The van der Waals surface area contributed by atoms with Gasteiger partial charge in [-0.05, 0) is 13.0 Å². The first-order valence-electron chi connectivity index (χ1n) is 8.41. The van der Waals surface area contributed by atoms with Gasteiger partial charge in [0.1, 0.15) is 12.5 Å². The molecule has 2 rings (SSSR count). The van der Waals surface area contributed by atoms with Gasteiger partial charge in [-0.2, -0.15) is 10.1 Å². The normalized spacial score (nSPS) is 13.9. The summed E-state index contributed by atoms with van der Waals surface area (Å²) in [5, 5.41) is 16.9. The van der Waals surface area contributed by atoms with Crippen LogP contribution in [0.2, 0.25) is 25.7 Å². The Morgan fingerprint density at radius 1 is 1.35 bits per heavy atom. The van der Waals surface area contributed by atoms with Gasteiger partial charge in [0.25, 0.3) is 5.16 Å². The topological polar surface area (TPSA) is 119 Å². The number of sulfone groups is 1. The molecule has 0 aliphatic heterocycles. The summed E-state index contributed by atoms with van der Waals surface area (Å²) in [6.45, 7) is 9.46. The fourth-order valence-corrected chi connectivity index (χ4v) is 3.37. The van der Waals surface area contributed by atoms with Gasteiger partial charge < -0.3 is 15.2 Å². The molecule has 1 unspecified atom stereocenters. The summed E-state index contributed by atoms with van der Waals surface area (Å²) in [6.07, 6.45) is 2.01. The second-order valence-electron chi connectivity index (χ2n) is 7.59. The van der Waals surface area contributed by atoms with Crippen LogP contribution in [0.25, 0.3) is 11.0 Å². The van der Waals surface area contributed by atoms with E-state index < -0.39 is 24.0 Å². The molecular formula is C15H27N5O4SSi. The van der Waals surface area contributed by atoms with E-state index in [1.807, 2.05) is 0 Å². The average molecular weight is 402 g/mol. The van der Waals surface area contributed by atoms with Crippen molar-refractivity contribution in [2.45, 2.75) is 50.6 Å². The minimum atomic E-state index is -3.60. The van der Waals surface area contributed by atoms with E-state index in [0.29, 0.717) is 23.5 Å². The van der Waals surface area contributed by atoms with Gasteiger partial charge in [0.05, 0.1) is 17.7 Å². The summed E-state index contributed by atoms with van der Waals surface area (Å²) < 4.78 is 31.0. The van der Waals surface area contributed by atoms with Crippen LogP contribution >= 0.6 is 0 Å². The van der Waals surface area contributed by atoms with Gasteiger partial charge in [-0.15, -0.1) is 0 Å². The molecule has 0 saturated heterocycles. The number of rotatable bonds is 9. The van der Waals surface area contributed by atoms with E-state index in [4.69, 9.17) is 4.74 Å². The lowest BCUT2D eigenvalue weighted by Gasteiger charge is -2.15. The maximum absolute atomic E-state index is 11.9. The first-order valence-corrected chi connectivity index (χ1v) is 14.0. The molecule has 2 aromatic heterocycles. The molecule has 11 heteroatoms. The van der Waals surface area contributed by atoms with Crippen LogP contribution in [-0.4, -0.2) is 66.9 Å². The Morgan fingerprint density at radius 3 is 2.62 bits per heavy atom. The smallest absolute Gasteiger partial charge is 0.250 e. The van der Waals surface area contributed by atoms with Crippen molar-refractivity contribution in [3.05, 3.63) is 6.20 Å². The quantitative estimate of drug-likeness (QED) is 0.367. The van der Waals surface area contributed by atoms with Crippen LogP contribution in [0.3, 0.4) is 0 Å². The third-order valence-corrected chi connectivity index (χ3v) is 6.13. The van der Waals surface area contributed by atoms with E-state index in [0.717, 1.165) is 12.3 Å². The van der Waals surface area contributed by atoms with Gasteiger partial charge in [0.15, 0.2) is 5.65 Å². The Bertz CT molecular complexity index is 861. The minimum Gasteiger partial charge on any atom is -0.392 e. The molecule has 0 aliphatic rings. The second-order valence-corrected chi connectivity index (χ2v) is 15.1. The van der Waals surface area contributed by atoms with Crippen molar-refractivity contribution in [1.82, 2.24) is 19.7 Å². The highest BCUT2D eigenvalue weighted by Crippen LogP contribution is 2.22. The molecule has 0 saturated carbocycles. The Hall–Kier alpha value is -1.56. The molecule has 0 bridgehead atoms. The third kappa shape index (κ3) is 5.73. The zero-order chi connectivity index (χ0) is 19.5. The van der Waals surface area contributed by atoms with Crippen LogP contribution in [0.15, 0.2) is 11.4 Å². The van der Waals surface area contributed by atoms with Crippen molar-refractivity contribution in [3.63, 3.8) is 0 Å². The summed E-state index contributed by atoms with van der Waals surface area (Å²) in [5.74, 6) is 0.324. The lowest BCUT2D eigenvalue weighted by Crippen LogP contribution is -2.22. The number of anilines is 1. The zero-order valence-electron chi connectivity index (χ0n) is 15.9. The van der Waals surface area contributed by atoms with Crippen molar-refractivity contribution in [2.75, 3.05) is 24.7 Å². The maximum Gasteiger partial charge on any atom is 0.250 e. The van der Waals surface area contributed by atoms with Crippen LogP contribution in [0.1, 0.15) is 6.92 Å². The highest BCUT2D eigenvalue weighted by atomic mass is 32.2. The number of nitrogens with zero attached hydrogens (tertiary/aromatic N) is 4. The Balaban J connectivity index is 2.30. The van der Waals surface area contributed by atoms with E-state index in [2.05, 4.69) is 40.0 Å². The molecule has 146 valence electrons. The molecule has 0 fully saturated rings. The molecule has 1 atom stereocenters. The molecule has 2 N–H and O–H groups in total. The first kappa shape index (κ1) is 20.7. The Labute approximate surface area is 154 Å². The lowest BCUT2D eigenvalue weighted by molar-refractivity contribution is 0.0812. The molecule has 0 aliphatic carbocycles. The number of hydrogen-bond acceptors (Lipinski definition) is 8. The van der Waals surface area contributed by atoms with Crippen molar-refractivity contribution in [2.24, 2.45) is 0 Å². The largest absolute Gasteiger partial charge is 0.392 e. The number of ether oxygens (including phenoxy) is 1. The highest BCUT2D eigenvalue weighted by molar-refractivity contribution is 7.90. The molecule has 0 radical (unpaired) electrons. The van der Waals surface area contributed by atoms with Gasteiger partial charge in [-0.1, -0.05) is 19.6 Å². The predicted octanol–water partition coefficient (Wildman–Crippen LogP) is 1.33. The van der Waals surface area contributed by atoms with Crippen LogP contribution < -0.4 is 5.32 Å². The van der Waals surface area contributed by atoms with E-state index in [-0.39, 0.29) is 18.4 Å². The van der Waals surface area contributed by atoms with Gasteiger partial charge in [0.2, 0.25) is 9.84 Å². The molecule has 2 heterocycles. The van der Waals surface area contributed by atoms with Crippen LogP contribution in [0, 0.1) is 0 Å². The second kappa shape index (κ2) is 7.99. The summed E-state index contributed by atoms with van der Waals surface area (Å²) in [6, 6.07) is 1.02. The van der Waals surface area contributed by atoms with E-state index in [1.54, 1.807) is 13.1 Å². The Morgan fingerprint density at radius 2 is 2.04 bits per heavy atom. The van der Waals surface area contributed by atoms with E-state index in [1.165, 1.54) is 4.68 Å². The van der Waals surface area contributed by atoms with Crippen molar-refractivity contribution in [3.8, 4) is 0 Å². The predicted molar refractivity (Wildman–Crippen MR) is 103 cm³/mol. The van der Waals surface area contributed by atoms with Crippen molar-refractivity contribution >= 4 is 34.8 Å². The highest BCUT2D eigenvalue weighted by Gasteiger charge is 2.19. The summed E-state index contributed by atoms with van der Waals surface area (Å²) in [5.41, 5.74) is 0.376. The fraction of sp³-hybridized carbons (Fsp3) is 0.667. The standard InChI is InChI=1S/C15H27N5O4SSi/c1-11(21)8-16-13-12-9-17-20(10-24-6-7-26(3,4)5)14(12)19-15(18-13)25(2,22)23/h9,11,21H,6-8,10H2,1-5H3,(H,16,18,19). The molecule has 2 aromatic rings. The molecule has 9 nitrogen and oxygen atoms in total. The summed E-state index contributed by atoms with van der Waals surface area (Å²) in [4.78, 5) is 8.23.